The van der Waals surface area contributed by atoms with Gasteiger partial charge in [-0.2, -0.15) is 0 Å². The second-order valence-corrected chi connectivity index (χ2v) is 14.7. The Morgan fingerprint density at radius 3 is 1.35 bits per heavy atom. The molecule has 0 saturated carbocycles. The summed E-state index contributed by atoms with van der Waals surface area (Å²) >= 11 is 0. The highest BCUT2D eigenvalue weighted by molar-refractivity contribution is 5.94. The van der Waals surface area contributed by atoms with Gasteiger partial charge < -0.3 is 9.47 Å². The summed E-state index contributed by atoms with van der Waals surface area (Å²) in [6.07, 6.45) is 5.02. The lowest BCUT2D eigenvalue weighted by Gasteiger charge is -2.41. The largest absolute Gasteiger partial charge is 0.368 e. The minimum absolute atomic E-state index is 0.0425. The number of rotatable bonds is 15. The van der Waals surface area contributed by atoms with Gasteiger partial charge in [0, 0.05) is 24.0 Å². The van der Waals surface area contributed by atoms with Crippen molar-refractivity contribution in [2.45, 2.75) is 147 Å². The van der Waals surface area contributed by atoms with Crippen molar-refractivity contribution in [3.63, 3.8) is 0 Å². The molecule has 4 nitrogen and oxygen atoms in total. The molecule has 0 heterocycles. The first-order valence-electron chi connectivity index (χ1n) is 13.4. The van der Waals surface area contributed by atoms with Crippen LogP contribution in [0.25, 0.3) is 0 Å². The molecule has 0 amide bonds. The SMILES string of the molecule is CCC(C)(OCCCC(C)(C)C)C(=O)C(C)(C)CC(C)(C)C(=O)C(C)(C)OCCCC(C)(C)C. The first-order chi connectivity index (χ1) is 15.0. The lowest BCUT2D eigenvalue weighted by molar-refractivity contribution is -0.159. The summed E-state index contributed by atoms with van der Waals surface area (Å²) in [7, 11) is 0. The van der Waals surface area contributed by atoms with Crippen LogP contribution < -0.4 is 0 Å². The van der Waals surface area contributed by atoms with E-state index in [2.05, 4.69) is 41.5 Å². The smallest absolute Gasteiger partial charge is 0.169 e. The van der Waals surface area contributed by atoms with E-state index in [4.69, 9.17) is 9.47 Å². The summed E-state index contributed by atoms with van der Waals surface area (Å²) in [4.78, 5) is 27.2. The van der Waals surface area contributed by atoms with E-state index < -0.39 is 22.0 Å². The van der Waals surface area contributed by atoms with E-state index in [1.54, 1.807) is 0 Å². The Hall–Kier alpha value is -0.740. The normalized spacial score (nSPS) is 15.8. The van der Waals surface area contributed by atoms with Gasteiger partial charge in [0.25, 0.3) is 0 Å². The van der Waals surface area contributed by atoms with Crippen LogP contribution in [-0.4, -0.2) is 36.0 Å². The number of carbonyl (C=O) groups is 2. The van der Waals surface area contributed by atoms with Crippen LogP contribution in [0.3, 0.4) is 0 Å². The summed E-state index contributed by atoms with van der Waals surface area (Å²) in [6, 6.07) is 0. The Bertz CT molecular complexity index is 658. The summed E-state index contributed by atoms with van der Waals surface area (Å²) in [5, 5.41) is 0. The predicted molar refractivity (Wildman–Crippen MR) is 144 cm³/mol. The molecule has 0 aromatic rings. The van der Waals surface area contributed by atoms with Crippen LogP contribution in [0.1, 0.15) is 135 Å². The average Bonchev–Trinajstić information content (AvgIpc) is 2.65. The van der Waals surface area contributed by atoms with Crippen LogP contribution in [0.4, 0.5) is 0 Å². The van der Waals surface area contributed by atoms with Crippen molar-refractivity contribution in [1.82, 2.24) is 0 Å². The maximum Gasteiger partial charge on any atom is 0.169 e. The molecule has 0 aliphatic heterocycles. The number of Topliss-reactive ketones (excluding diaryl/α,β-unsaturated/α-hetero) is 2. The highest BCUT2D eigenvalue weighted by atomic mass is 16.5. The van der Waals surface area contributed by atoms with E-state index >= 15 is 0 Å². The Balaban J connectivity index is 5.26. The van der Waals surface area contributed by atoms with Crippen molar-refractivity contribution in [3.05, 3.63) is 0 Å². The molecule has 202 valence electrons. The second-order valence-electron chi connectivity index (χ2n) is 14.7. The standard InChI is InChI=1S/C30H58O4/c1-15-30(14,34-21-17-19-26(5,6)7)24(32)28(10,11)22-27(8,9)23(31)29(12,13)33-20-16-18-25(2,3)4/h15-22H2,1-14H3. The van der Waals surface area contributed by atoms with Crippen LogP contribution in [0.15, 0.2) is 0 Å². The monoisotopic (exact) mass is 482 g/mol. The Labute approximate surface area is 212 Å². The molecule has 0 N–H and O–H groups in total. The van der Waals surface area contributed by atoms with E-state index in [-0.39, 0.29) is 22.4 Å². The van der Waals surface area contributed by atoms with Crippen LogP contribution in [0.2, 0.25) is 0 Å². The molecule has 4 heteroatoms. The fourth-order valence-electron chi connectivity index (χ4n) is 5.02. The number of ketones is 2. The summed E-state index contributed by atoms with van der Waals surface area (Å²) in [5.74, 6) is 0.115. The number of hydrogen-bond donors (Lipinski definition) is 0. The van der Waals surface area contributed by atoms with Crippen LogP contribution in [0.5, 0.6) is 0 Å². The van der Waals surface area contributed by atoms with E-state index in [0.717, 1.165) is 25.7 Å². The zero-order valence-corrected chi connectivity index (χ0v) is 25.3. The second kappa shape index (κ2) is 12.0. The van der Waals surface area contributed by atoms with E-state index in [1.807, 2.05) is 55.4 Å². The topological polar surface area (TPSA) is 52.6 Å². The van der Waals surface area contributed by atoms with Crippen LogP contribution >= 0.6 is 0 Å². The summed E-state index contributed by atoms with van der Waals surface area (Å²) in [5.41, 5.74) is -2.63. The molecule has 0 fully saturated rings. The van der Waals surface area contributed by atoms with Gasteiger partial charge in [-0.3, -0.25) is 9.59 Å². The number of hydrogen-bond acceptors (Lipinski definition) is 4. The van der Waals surface area contributed by atoms with Gasteiger partial charge in [-0.05, 0) is 70.1 Å². The lowest BCUT2D eigenvalue weighted by atomic mass is 9.65. The molecule has 0 radical (unpaired) electrons. The van der Waals surface area contributed by atoms with Crippen LogP contribution in [-0.2, 0) is 19.1 Å². The van der Waals surface area contributed by atoms with Gasteiger partial charge in [0.2, 0.25) is 0 Å². The molecular formula is C30H58O4. The van der Waals surface area contributed by atoms with Gasteiger partial charge in [0.15, 0.2) is 11.6 Å². The molecule has 0 rings (SSSR count). The van der Waals surface area contributed by atoms with Crippen molar-refractivity contribution < 1.29 is 19.1 Å². The lowest BCUT2D eigenvalue weighted by Crippen LogP contribution is -2.51. The van der Waals surface area contributed by atoms with Crippen molar-refractivity contribution >= 4 is 11.6 Å². The first kappa shape index (κ1) is 33.3. The van der Waals surface area contributed by atoms with Gasteiger partial charge in [0.05, 0.1) is 0 Å². The van der Waals surface area contributed by atoms with Crippen LogP contribution in [0, 0.1) is 21.7 Å². The van der Waals surface area contributed by atoms with Gasteiger partial charge in [-0.1, -0.05) is 76.2 Å². The zero-order valence-electron chi connectivity index (χ0n) is 25.3. The maximum absolute atomic E-state index is 13.7. The molecule has 34 heavy (non-hydrogen) atoms. The molecule has 0 spiro atoms. The van der Waals surface area contributed by atoms with E-state index in [0.29, 0.717) is 26.1 Å². The third-order valence-corrected chi connectivity index (χ3v) is 6.84. The van der Waals surface area contributed by atoms with Crippen molar-refractivity contribution in [3.8, 4) is 0 Å². The van der Waals surface area contributed by atoms with Gasteiger partial charge in [-0.25, -0.2) is 0 Å². The Morgan fingerprint density at radius 2 is 0.971 bits per heavy atom. The quantitative estimate of drug-likeness (QED) is 0.221. The third-order valence-electron chi connectivity index (χ3n) is 6.84. The fourth-order valence-corrected chi connectivity index (χ4v) is 5.02. The highest BCUT2D eigenvalue weighted by Gasteiger charge is 2.48. The van der Waals surface area contributed by atoms with Crippen molar-refractivity contribution in [2.24, 2.45) is 21.7 Å². The van der Waals surface area contributed by atoms with Crippen molar-refractivity contribution in [1.29, 1.82) is 0 Å². The van der Waals surface area contributed by atoms with E-state index in [1.165, 1.54) is 0 Å². The molecular weight excluding hydrogens is 424 g/mol. The van der Waals surface area contributed by atoms with Gasteiger partial charge in [0.1, 0.15) is 11.2 Å². The van der Waals surface area contributed by atoms with E-state index in [9.17, 15) is 9.59 Å². The molecule has 0 aromatic carbocycles. The van der Waals surface area contributed by atoms with Gasteiger partial charge >= 0.3 is 0 Å². The molecule has 0 aliphatic carbocycles. The van der Waals surface area contributed by atoms with Gasteiger partial charge in [-0.15, -0.1) is 0 Å². The minimum Gasteiger partial charge on any atom is -0.368 e. The Kier molecular flexibility index (Phi) is 11.7. The molecule has 0 bridgehead atoms. The number of carbonyl (C=O) groups excluding carboxylic acids is 2. The maximum atomic E-state index is 13.7. The Morgan fingerprint density at radius 1 is 0.588 bits per heavy atom. The third kappa shape index (κ3) is 11.3. The summed E-state index contributed by atoms with van der Waals surface area (Å²) < 4.78 is 12.3. The molecule has 0 saturated heterocycles. The molecule has 0 aliphatic rings. The molecule has 1 atom stereocenters. The van der Waals surface area contributed by atoms with Crippen molar-refractivity contribution in [2.75, 3.05) is 13.2 Å². The minimum atomic E-state index is -0.891. The zero-order chi connectivity index (χ0) is 27.2. The molecule has 0 aromatic heterocycles. The first-order valence-corrected chi connectivity index (χ1v) is 13.4. The average molecular weight is 483 g/mol. The molecule has 1 unspecified atom stereocenters. The summed E-state index contributed by atoms with van der Waals surface area (Å²) in [6.45, 7) is 29.8. The highest BCUT2D eigenvalue weighted by Crippen LogP contribution is 2.41. The number of ether oxygens (including phenoxy) is 2. The predicted octanol–water partition coefficient (Wildman–Crippen LogP) is 8.20. The fraction of sp³-hybridized carbons (Fsp3) is 0.933.